The predicted octanol–water partition coefficient (Wildman–Crippen LogP) is 2.61. The standard InChI is InChI=1S/C14H21FN2S/c1-10-11(2)18-6-5-17(10)9-13-4-3-12(8-16)7-14(13)15/h3-4,7,10-11H,5-6,8-9,16H2,1-2H3. The zero-order chi connectivity index (χ0) is 13.1. The fourth-order valence-corrected chi connectivity index (χ4v) is 3.45. The highest BCUT2D eigenvalue weighted by atomic mass is 32.2. The van der Waals surface area contributed by atoms with Crippen LogP contribution in [0.1, 0.15) is 25.0 Å². The summed E-state index contributed by atoms with van der Waals surface area (Å²) in [4.78, 5) is 2.36. The van der Waals surface area contributed by atoms with Crippen LogP contribution in [0.3, 0.4) is 0 Å². The number of hydrogen-bond acceptors (Lipinski definition) is 3. The number of thioether (sulfide) groups is 1. The summed E-state index contributed by atoms with van der Waals surface area (Å²) < 4.78 is 13.9. The molecule has 1 aromatic carbocycles. The molecule has 2 unspecified atom stereocenters. The van der Waals surface area contributed by atoms with Gasteiger partial charge in [-0.05, 0) is 18.6 Å². The van der Waals surface area contributed by atoms with Gasteiger partial charge in [-0.2, -0.15) is 11.8 Å². The van der Waals surface area contributed by atoms with Crippen molar-refractivity contribution in [2.75, 3.05) is 12.3 Å². The molecule has 1 aliphatic rings. The number of nitrogens with two attached hydrogens (primary N) is 1. The second-order valence-corrected chi connectivity index (χ2v) is 6.40. The van der Waals surface area contributed by atoms with Crippen LogP contribution in [0.4, 0.5) is 4.39 Å². The van der Waals surface area contributed by atoms with Crippen molar-refractivity contribution in [3.8, 4) is 0 Å². The molecular weight excluding hydrogens is 247 g/mol. The first kappa shape index (κ1) is 13.8. The minimum absolute atomic E-state index is 0.129. The average molecular weight is 268 g/mol. The normalized spacial score (nSPS) is 25.3. The Kier molecular flexibility index (Phi) is 4.65. The van der Waals surface area contributed by atoms with Crippen LogP contribution in [0.2, 0.25) is 0 Å². The summed E-state index contributed by atoms with van der Waals surface area (Å²) in [5.74, 6) is 1.00. The lowest BCUT2D eigenvalue weighted by atomic mass is 10.1. The van der Waals surface area contributed by atoms with E-state index in [1.165, 1.54) is 0 Å². The molecule has 100 valence electrons. The summed E-state index contributed by atoms with van der Waals surface area (Å²) in [6, 6.07) is 5.85. The third kappa shape index (κ3) is 3.05. The van der Waals surface area contributed by atoms with E-state index >= 15 is 0 Å². The van der Waals surface area contributed by atoms with Crippen LogP contribution in [0.5, 0.6) is 0 Å². The zero-order valence-electron chi connectivity index (χ0n) is 11.0. The SMILES string of the molecule is CC1SCCN(Cc2ccc(CN)cc2F)C1C. The van der Waals surface area contributed by atoms with Crippen LogP contribution < -0.4 is 5.73 Å². The molecule has 4 heteroatoms. The molecule has 1 aliphatic heterocycles. The van der Waals surface area contributed by atoms with Crippen LogP contribution in [-0.2, 0) is 13.1 Å². The number of benzene rings is 1. The third-order valence-corrected chi connectivity index (χ3v) is 5.08. The molecule has 0 saturated carbocycles. The average Bonchev–Trinajstić information content (AvgIpc) is 2.37. The van der Waals surface area contributed by atoms with Gasteiger partial charge in [0.15, 0.2) is 0 Å². The first-order valence-electron chi connectivity index (χ1n) is 6.45. The van der Waals surface area contributed by atoms with Crippen molar-refractivity contribution < 1.29 is 4.39 Å². The molecule has 1 aromatic rings. The summed E-state index contributed by atoms with van der Waals surface area (Å²) in [6.07, 6.45) is 0. The summed E-state index contributed by atoms with van der Waals surface area (Å²) in [7, 11) is 0. The molecule has 1 fully saturated rings. The Labute approximate surface area is 113 Å². The quantitative estimate of drug-likeness (QED) is 0.913. The van der Waals surface area contributed by atoms with Gasteiger partial charge in [-0.15, -0.1) is 0 Å². The molecular formula is C14H21FN2S. The largest absolute Gasteiger partial charge is 0.326 e. The van der Waals surface area contributed by atoms with Gasteiger partial charge in [0.25, 0.3) is 0 Å². The van der Waals surface area contributed by atoms with E-state index in [2.05, 4.69) is 18.7 Å². The van der Waals surface area contributed by atoms with E-state index in [0.29, 0.717) is 24.4 Å². The van der Waals surface area contributed by atoms with E-state index in [9.17, 15) is 4.39 Å². The molecule has 18 heavy (non-hydrogen) atoms. The maximum absolute atomic E-state index is 13.9. The van der Waals surface area contributed by atoms with Crippen molar-refractivity contribution >= 4 is 11.8 Å². The Balaban J connectivity index is 2.09. The Morgan fingerprint density at radius 2 is 2.22 bits per heavy atom. The van der Waals surface area contributed by atoms with Crippen molar-refractivity contribution in [2.24, 2.45) is 5.73 Å². The van der Waals surface area contributed by atoms with E-state index in [0.717, 1.165) is 23.4 Å². The van der Waals surface area contributed by atoms with Gasteiger partial charge in [-0.25, -0.2) is 4.39 Å². The minimum atomic E-state index is -0.129. The highest BCUT2D eigenvalue weighted by Gasteiger charge is 2.25. The second kappa shape index (κ2) is 6.04. The lowest BCUT2D eigenvalue weighted by molar-refractivity contribution is 0.202. The lowest BCUT2D eigenvalue weighted by Gasteiger charge is -2.37. The molecule has 0 bridgehead atoms. The molecule has 2 nitrogen and oxygen atoms in total. The third-order valence-electron chi connectivity index (χ3n) is 3.74. The number of hydrogen-bond donors (Lipinski definition) is 1. The van der Waals surface area contributed by atoms with Gasteiger partial charge in [0.1, 0.15) is 5.82 Å². The Morgan fingerprint density at radius 1 is 1.44 bits per heavy atom. The molecule has 1 heterocycles. The lowest BCUT2D eigenvalue weighted by Crippen LogP contribution is -2.44. The minimum Gasteiger partial charge on any atom is -0.326 e. The Bertz CT molecular complexity index is 411. The van der Waals surface area contributed by atoms with Crippen LogP contribution >= 0.6 is 11.8 Å². The van der Waals surface area contributed by atoms with Gasteiger partial charge in [0, 0.05) is 42.2 Å². The van der Waals surface area contributed by atoms with Crippen molar-refractivity contribution in [3.05, 3.63) is 35.1 Å². The number of halogens is 1. The smallest absolute Gasteiger partial charge is 0.128 e. The number of rotatable bonds is 3. The van der Waals surface area contributed by atoms with Crippen LogP contribution in [-0.4, -0.2) is 28.5 Å². The van der Waals surface area contributed by atoms with Gasteiger partial charge in [-0.1, -0.05) is 19.1 Å². The summed E-state index contributed by atoms with van der Waals surface area (Å²) in [5.41, 5.74) is 7.14. The molecule has 0 aliphatic carbocycles. The van der Waals surface area contributed by atoms with E-state index < -0.39 is 0 Å². The van der Waals surface area contributed by atoms with Crippen molar-refractivity contribution in [1.29, 1.82) is 0 Å². The summed E-state index contributed by atoms with van der Waals surface area (Å²) >= 11 is 2.00. The molecule has 2 rings (SSSR count). The number of nitrogens with zero attached hydrogens (tertiary/aromatic N) is 1. The zero-order valence-corrected chi connectivity index (χ0v) is 11.8. The van der Waals surface area contributed by atoms with Gasteiger partial charge < -0.3 is 5.73 Å². The van der Waals surface area contributed by atoms with E-state index in [4.69, 9.17) is 5.73 Å². The van der Waals surface area contributed by atoms with E-state index in [1.54, 1.807) is 6.07 Å². The summed E-state index contributed by atoms with van der Waals surface area (Å²) in [6.45, 7) is 6.60. The predicted molar refractivity (Wildman–Crippen MR) is 76.1 cm³/mol. The first-order valence-corrected chi connectivity index (χ1v) is 7.49. The summed E-state index contributed by atoms with van der Waals surface area (Å²) in [5, 5.41) is 0.616. The second-order valence-electron chi connectivity index (χ2n) is 4.92. The fraction of sp³-hybridized carbons (Fsp3) is 0.571. The first-order chi connectivity index (χ1) is 8.61. The highest BCUT2D eigenvalue weighted by Crippen LogP contribution is 2.26. The molecule has 0 amide bonds. The molecule has 2 atom stereocenters. The van der Waals surface area contributed by atoms with Crippen LogP contribution in [0, 0.1) is 5.82 Å². The van der Waals surface area contributed by atoms with Crippen molar-refractivity contribution in [1.82, 2.24) is 4.90 Å². The van der Waals surface area contributed by atoms with Crippen molar-refractivity contribution in [2.45, 2.75) is 38.2 Å². The van der Waals surface area contributed by atoms with Gasteiger partial charge in [0.05, 0.1) is 0 Å². The molecule has 0 aromatic heterocycles. The topological polar surface area (TPSA) is 29.3 Å². The van der Waals surface area contributed by atoms with Gasteiger partial charge in [-0.3, -0.25) is 4.90 Å². The van der Waals surface area contributed by atoms with E-state index in [1.807, 2.05) is 23.9 Å². The maximum Gasteiger partial charge on any atom is 0.128 e. The van der Waals surface area contributed by atoms with Gasteiger partial charge >= 0.3 is 0 Å². The van der Waals surface area contributed by atoms with Gasteiger partial charge in [0.2, 0.25) is 0 Å². The molecule has 2 N–H and O–H groups in total. The van der Waals surface area contributed by atoms with Crippen LogP contribution in [0.15, 0.2) is 18.2 Å². The maximum atomic E-state index is 13.9. The van der Waals surface area contributed by atoms with E-state index in [-0.39, 0.29) is 5.82 Å². The molecule has 1 saturated heterocycles. The monoisotopic (exact) mass is 268 g/mol. The fourth-order valence-electron chi connectivity index (χ4n) is 2.28. The van der Waals surface area contributed by atoms with Crippen LogP contribution in [0.25, 0.3) is 0 Å². The Hall–Kier alpha value is -0.580. The molecule has 0 spiro atoms. The highest BCUT2D eigenvalue weighted by molar-refractivity contribution is 8.00. The molecule has 0 radical (unpaired) electrons. The van der Waals surface area contributed by atoms with Crippen molar-refractivity contribution in [3.63, 3.8) is 0 Å². The Morgan fingerprint density at radius 3 is 2.89 bits per heavy atom.